The molecule has 0 aromatic heterocycles. The first-order valence-corrected chi connectivity index (χ1v) is 6.73. The summed E-state index contributed by atoms with van der Waals surface area (Å²) in [7, 11) is 0. The van der Waals surface area contributed by atoms with Crippen LogP contribution in [0, 0.1) is 0 Å². The van der Waals surface area contributed by atoms with Crippen LogP contribution in [0.5, 0.6) is 5.75 Å². The maximum atomic E-state index is 11.6. The minimum Gasteiger partial charge on any atom is -0.486 e. The summed E-state index contributed by atoms with van der Waals surface area (Å²) in [5.74, 6) is -0.163. The number of esters is 1. The van der Waals surface area contributed by atoms with Crippen LogP contribution in [0.2, 0.25) is 0 Å². The van der Waals surface area contributed by atoms with Gasteiger partial charge in [0.1, 0.15) is 18.8 Å². The highest BCUT2D eigenvalue weighted by Gasteiger charge is 2.15. The molecule has 20 heavy (non-hydrogen) atoms. The van der Waals surface area contributed by atoms with E-state index in [-0.39, 0.29) is 30.8 Å². The number of hydrogen-bond donors (Lipinski definition) is 0. The van der Waals surface area contributed by atoms with Crippen molar-refractivity contribution in [1.29, 1.82) is 0 Å². The van der Waals surface area contributed by atoms with E-state index in [9.17, 15) is 9.59 Å². The van der Waals surface area contributed by atoms with Crippen LogP contribution in [-0.2, 0) is 19.7 Å². The molecule has 4 heteroatoms. The normalized spacial score (nSPS) is 11.0. The molecule has 0 radical (unpaired) electrons. The highest BCUT2D eigenvalue weighted by Crippen LogP contribution is 2.25. The summed E-state index contributed by atoms with van der Waals surface area (Å²) in [4.78, 5) is 22.7. The van der Waals surface area contributed by atoms with Gasteiger partial charge in [-0.25, -0.2) is 0 Å². The molecule has 0 spiro atoms. The minimum absolute atomic E-state index is 0.0221. The van der Waals surface area contributed by atoms with E-state index in [4.69, 9.17) is 9.47 Å². The monoisotopic (exact) mass is 278 g/mol. The Morgan fingerprint density at radius 3 is 2.50 bits per heavy atom. The lowest BCUT2D eigenvalue weighted by molar-refractivity contribution is -0.145. The molecule has 0 heterocycles. The fourth-order valence-corrected chi connectivity index (χ4v) is 1.64. The van der Waals surface area contributed by atoms with Crippen LogP contribution in [0.4, 0.5) is 0 Å². The number of benzene rings is 1. The summed E-state index contributed by atoms with van der Waals surface area (Å²) in [6.07, 6.45) is -0.243. The standard InChI is InChI=1S/C16H22O4/c1-5-19-15(18)10-13(17)11-20-14-8-6-7-12(9-14)16(2,3)4/h6-9H,5,10-11H2,1-4H3. The van der Waals surface area contributed by atoms with Crippen molar-refractivity contribution >= 4 is 11.8 Å². The van der Waals surface area contributed by atoms with Gasteiger partial charge in [0.15, 0.2) is 5.78 Å². The summed E-state index contributed by atoms with van der Waals surface area (Å²) in [6, 6.07) is 7.63. The Morgan fingerprint density at radius 2 is 1.90 bits per heavy atom. The summed E-state index contributed by atoms with van der Waals surface area (Å²) < 4.78 is 10.1. The number of ketones is 1. The lowest BCUT2D eigenvalue weighted by Gasteiger charge is -2.19. The predicted molar refractivity (Wildman–Crippen MR) is 76.9 cm³/mol. The van der Waals surface area contributed by atoms with Crippen molar-refractivity contribution < 1.29 is 19.1 Å². The number of carbonyl (C=O) groups is 2. The third-order valence-corrected chi connectivity index (χ3v) is 2.75. The van der Waals surface area contributed by atoms with Crippen molar-refractivity contribution in [2.45, 2.75) is 39.5 Å². The molecule has 4 nitrogen and oxygen atoms in total. The van der Waals surface area contributed by atoms with Crippen LogP contribution in [0.3, 0.4) is 0 Å². The molecule has 0 atom stereocenters. The van der Waals surface area contributed by atoms with Crippen molar-refractivity contribution in [3.8, 4) is 5.75 Å². The van der Waals surface area contributed by atoms with Crippen LogP contribution >= 0.6 is 0 Å². The zero-order valence-electron chi connectivity index (χ0n) is 12.6. The first-order valence-electron chi connectivity index (χ1n) is 6.73. The smallest absolute Gasteiger partial charge is 0.313 e. The highest BCUT2D eigenvalue weighted by atomic mass is 16.5. The van der Waals surface area contributed by atoms with Gasteiger partial charge in [-0.05, 0) is 30.0 Å². The number of rotatable bonds is 6. The molecule has 0 N–H and O–H groups in total. The molecule has 0 saturated heterocycles. The molecule has 0 aliphatic rings. The van der Waals surface area contributed by atoms with Crippen molar-refractivity contribution in [2.75, 3.05) is 13.2 Å². The second-order valence-electron chi connectivity index (χ2n) is 5.59. The predicted octanol–water partition coefficient (Wildman–Crippen LogP) is 2.89. The van der Waals surface area contributed by atoms with E-state index in [1.54, 1.807) is 13.0 Å². The average Bonchev–Trinajstić information content (AvgIpc) is 2.36. The molecule has 0 saturated carbocycles. The number of ether oxygens (including phenoxy) is 2. The lowest BCUT2D eigenvalue weighted by atomic mass is 9.87. The third-order valence-electron chi connectivity index (χ3n) is 2.75. The maximum Gasteiger partial charge on any atom is 0.313 e. The maximum absolute atomic E-state index is 11.6. The Hall–Kier alpha value is -1.84. The summed E-state index contributed by atoms with van der Waals surface area (Å²) in [6.45, 7) is 8.19. The Bertz CT molecular complexity index is 472. The molecule has 0 unspecified atom stereocenters. The second-order valence-corrected chi connectivity index (χ2v) is 5.59. The largest absolute Gasteiger partial charge is 0.486 e. The van der Waals surface area contributed by atoms with Crippen LogP contribution in [-0.4, -0.2) is 25.0 Å². The van der Waals surface area contributed by atoms with Gasteiger partial charge in [0.2, 0.25) is 0 Å². The molecular formula is C16H22O4. The SMILES string of the molecule is CCOC(=O)CC(=O)COc1cccc(C(C)(C)C)c1. The molecule has 110 valence electrons. The number of Topliss-reactive ketones (excluding diaryl/α,β-unsaturated/α-hetero) is 1. The van der Waals surface area contributed by atoms with Crippen LogP contribution in [0.15, 0.2) is 24.3 Å². The Labute approximate surface area is 120 Å². The molecule has 1 rings (SSSR count). The van der Waals surface area contributed by atoms with Gasteiger partial charge in [-0.3, -0.25) is 9.59 Å². The van der Waals surface area contributed by atoms with Gasteiger partial charge in [-0.2, -0.15) is 0 Å². The van der Waals surface area contributed by atoms with Gasteiger partial charge in [0.25, 0.3) is 0 Å². The Morgan fingerprint density at radius 1 is 1.20 bits per heavy atom. The van der Waals surface area contributed by atoms with Crippen molar-refractivity contribution in [1.82, 2.24) is 0 Å². The Balaban J connectivity index is 2.54. The van der Waals surface area contributed by atoms with Gasteiger partial charge < -0.3 is 9.47 Å². The first-order chi connectivity index (χ1) is 9.32. The molecule has 0 bridgehead atoms. The molecule has 0 aliphatic heterocycles. The quantitative estimate of drug-likeness (QED) is 0.593. The first kappa shape index (κ1) is 16.2. The number of carbonyl (C=O) groups excluding carboxylic acids is 2. The van der Waals surface area contributed by atoms with Gasteiger partial charge in [0.05, 0.1) is 6.61 Å². The van der Waals surface area contributed by atoms with Crippen LogP contribution in [0.1, 0.15) is 39.7 Å². The van der Waals surface area contributed by atoms with Crippen molar-refractivity contribution in [3.63, 3.8) is 0 Å². The summed E-state index contributed by atoms with van der Waals surface area (Å²) in [5.41, 5.74) is 1.15. The fraction of sp³-hybridized carbons (Fsp3) is 0.500. The molecule has 1 aromatic carbocycles. The lowest BCUT2D eigenvalue weighted by Crippen LogP contribution is -2.17. The molecule has 0 aliphatic carbocycles. The fourth-order valence-electron chi connectivity index (χ4n) is 1.64. The van der Waals surface area contributed by atoms with E-state index < -0.39 is 5.97 Å². The Kier molecular flexibility index (Phi) is 5.74. The van der Waals surface area contributed by atoms with E-state index in [0.29, 0.717) is 5.75 Å². The van der Waals surface area contributed by atoms with E-state index in [0.717, 1.165) is 5.56 Å². The van der Waals surface area contributed by atoms with Gasteiger partial charge in [0, 0.05) is 0 Å². The molecule has 0 fully saturated rings. The van der Waals surface area contributed by atoms with E-state index >= 15 is 0 Å². The van der Waals surface area contributed by atoms with E-state index in [1.807, 2.05) is 18.2 Å². The van der Waals surface area contributed by atoms with Crippen molar-refractivity contribution in [2.24, 2.45) is 0 Å². The zero-order valence-corrected chi connectivity index (χ0v) is 12.6. The summed E-state index contributed by atoms with van der Waals surface area (Å²) >= 11 is 0. The summed E-state index contributed by atoms with van der Waals surface area (Å²) in [5, 5.41) is 0. The van der Waals surface area contributed by atoms with Gasteiger partial charge >= 0.3 is 5.97 Å². The van der Waals surface area contributed by atoms with Crippen LogP contribution < -0.4 is 4.74 Å². The van der Waals surface area contributed by atoms with Gasteiger partial charge in [-0.1, -0.05) is 32.9 Å². The molecular weight excluding hydrogens is 256 g/mol. The molecule has 0 amide bonds. The van der Waals surface area contributed by atoms with Crippen LogP contribution in [0.25, 0.3) is 0 Å². The van der Waals surface area contributed by atoms with Gasteiger partial charge in [-0.15, -0.1) is 0 Å². The average molecular weight is 278 g/mol. The second kappa shape index (κ2) is 7.08. The topological polar surface area (TPSA) is 52.6 Å². The number of hydrogen-bond acceptors (Lipinski definition) is 4. The third kappa shape index (κ3) is 5.43. The minimum atomic E-state index is -0.510. The van der Waals surface area contributed by atoms with E-state index in [2.05, 4.69) is 20.8 Å². The van der Waals surface area contributed by atoms with E-state index in [1.165, 1.54) is 0 Å². The van der Waals surface area contributed by atoms with Crippen molar-refractivity contribution in [3.05, 3.63) is 29.8 Å². The molecule has 1 aromatic rings. The highest BCUT2D eigenvalue weighted by molar-refractivity contribution is 5.96. The zero-order chi connectivity index (χ0) is 15.2.